The zero-order valence-corrected chi connectivity index (χ0v) is 19.4. The highest BCUT2D eigenvalue weighted by Gasteiger charge is 2.42. The Bertz CT molecular complexity index is 508. The molecular formula is C19H36IN5O2. The summed E-state index contributed by atoms with van der Waals surface area (Å²) in [6.07, 6.45) is 5.77. The first-order chi connectivity index (χ1) is 12.6. The number of carbonyl (C=O) groups is 1. The molecular weight excluding hydrogens is 457 g/mol. The van der Waals surface area contributed by atoms with Gasteiger partial charge in [0.2, 0.25) is 5.91 Å². The molecule has 1 N–H and O–H groups in total. The van der Waals surface area contributed by atoms with Gasteiger partial charge in [0.15, 0.2) is 5.96 Å². The van der Waals surface area contributed by atoms with Crippen LogP contribution in [0.3, 0.4) is 0 Å². The Balaban J connectivity index is 0.00000261. The molecule has 0 aromatic heterocycles. The van der Waals surface area contributed by atoms with E-state index in [4.69, 9.17) is 4.74 Å². The predicted octanol–water partition coefficient (Wildman–Crippen LogP) is 1.09. The van der Waals surface area contributed by atoms with E-state index in [2.05, 4.69) is 20.1 Å². The van der Waals surface area contributed by atoms with E-state index >= 15 is 0 Å². The first-order valence-electron chi connectivity index (χ1n) is 10.0. The highest BCUT2D eigenvalue weighted by molar-refractivity contribution is 14.0. The van der Waals surface area contributed by atoms with Crippen molar-refractivity contribution in [2.24, 2.45) is 16.8 Å². The lowest BCUT2D eigenvalue weighted by atomic mass is 9.93. The summed E-state index contributed by atoms with van der Waals surface area (Å²) in [4.78, 5) is 23.1. The Morgan fingerprint density at radius 3 is 2.48 bits per heavy atom. The Kier molecular flexibility index (Phi) is 9.07. The second-order valence-corrected chi connectivity index (χ2v) is 8.11. The maximum Gasteiger partial charge on any atom is 0.243 e. The number of hydrogen-bond acceptors (Lipinski definition) is 4. The SMILES string of the molecule is COCCNC(=NCC(=O)N(C)C)N1CCN(C2CC3CCC2C3)CC1.I. The predicted molar refractivity (Wildman–Crippen MR) is 119 cm³/mol. The van der Waals surface area contributed by atoms with Crippen LogP contribution in [0.25, 0.3) is 0 Å². The van der Waals surface area contributed by atoms with Gasteiger partial charge in [-0.1, -0.05) is 6.42 Å². The van der Waals surface area contributed by atoms with Crippen molar-refractivity contribution in [3.63, 3.8) is 0 Å². The van der Waals surface area contributed by atoms with Crippen molar-refractivity contribution in [3.05, 3.63) is 0 Å². The largest absolute Gasteiger partial charge is 0.383 e. The zero-order valence-electron chi connectivity index (χ0n) is 17.0. The molecule has 27 heavy (non-hydrogen) atoms. The normalized spacial score (nSPS) is 28.2. The third-order valence-corrected chi connectivity index (χ3v) is 6.24. The quantitative estimate of drug-likeness (QED) is 0.260. The molecule has 2 saturated carbocycles. The minimum atomic E-state index is 0. The summed E-state index contributed by atoms with van der Waals surface area (Å²) in [7, 11) is 5.23. The summed E-state index contributed by atoms with van der Waals surface area (Å²) in [5.74, 6) is 2.80. The lowest BCUT2D eigenvalue weighted by Gasteiger charge is -2.42. The summed E-state index contributed by atoms with van der Waals surface area (Å²) in [5.41, 5.74) is 0. The number of rotatable bonds is 6. The summed E-state index contributed by atoms with van der Waals surface area (Å²) >= 11 is 0. The lowest BCUT2D eigenvalue weighted by molar-refractivity contribution is -0.127. The second-order valence-electron chi connectivity index (χ2n) is 8.11. The zero-order chi connectivity index (χ0) is 18.5. The molecule has 1 amide bonds. The van der Waals surface area contributed by atoms with Gasteiger partial charge in [0.05, 0.1) is 6.61 Å². The van der Waals surface area contributed by atoms with Crippen LogP contribution in [-0.4, -0.2) is 99.7 Å². The number of halogens is 1. The van der Waals surface area contributed by atoms with Gasteiger partial charge in [-0.05, 0) is 31.1 Å². The van der Waals surface area contributed by atoms with Crippen molar-refractivity contribution >= 4 is 35.8 Å². The molecule has 156 valence electrons. The molecule has 3 atom stereocenters. The van der Waals surface area contributed by atoms with Crippen LogP contribution in [0.15, 0.2) is 4.99 Å². The number of piperazine rings is 1. The van der Waals surface area contributed by atoms with E-state index in [1.54, 1.807) is 26.1 Å². The molecule has 3 fully saturated rings. The number of ether oxygens (including phenoxy) is 1. The molecule has 1 heterocycles. The van der Waals surface area contributed by atoms with E-state index in [-0.39, 0.29) is 36.4 Å². The smallest absolute Gasteiger partial charge is 0.243 e. The van der Waals surface area contributed by atoms with Crippen molar-refractivity contribution in [3.8, 4) is 0 Å². The molecule has 0 aromatic rings. The number of nitrogens with one attached hydrogen (secondary N) is 1. The van der Waals surface area contributed by atoms with Crippen LogP contribution in [0, 0.1) is 11.8 Å². The van der Waals surface area contributed by atoms with E-state index in [0.29, 0.717) is 13.2 Å². The number of hydrogen-bond donors (Lipinski definition) is 1. The van der Waals surface area contributed by atoms with E-state index < -0.39 is 0 Å². The van der Waals surface area contributed by atoms with Crippen LogP contribution < -0.4 is 5.32 Å². The lowest BCUT2D eigenvalue weighted by Crippen LogP contribution is -2.56. The fraction of sp³-hybridized carbons (Fsp3) is 0.895. The van der Waals surface area contributed by atoms with Crippen molar-refractivity contribution in [2.45, 2.75) is 31.7 Å². The van der Waals surface area contributed by atoms with Gasteiger partial charge < -0.3 is 19.9 Å². The van der Waals surface area contributed by atoms with Gasteiger partial charge >= 0.3 is 0 Å². The Morgan fingerprint density at radius 1 is 1.19 bits per heavy atom. The van der Waals surface area contributed by atoms with Gasteiger partial charge in [0, 0.05) is 60.0 Å². The number of methoxy groups -OCH3 is 1. The first kappa shape index (κ1) is 22.7. The van der Waals surface area contributed by atoms with Crippen LogP contribution in [0.2, 0.25) is 0 Å². The van der Waals surface area contributed by atoms with Gasteiger partial charge in [-0.15, -0.1) is 24.0 Å². The topological polar surface area (TPSA) is 60.4 Å². The highest BCUT2D eigenvalue weighted by Crippen LogP contribution is 2.46. The summed E-state index contributed by atoms with van der Waals surface area (Å²) in [6, 6.07) is 0.813. The molecule has 8 heteroatoms. The van der Waals surface area contributed by atoms with Crippen LogP contribution in [0.1, 0.15) is 25.7 Å². The monoisotopic (exact) mass is 493 g/mol. The van der Waals surface area contributed by atoms with Gasteiger partial charge in [-0.2, -0.15) is 0 Å². The van der Waals surface area contributed by atoms with Gasteiger partial charge in [-0.3, -0.25) is 9.69 Å². The molecule has 2 bridgehead atoms. The average molecular weight is 493 g/mol. The van der Waals surface area contributed by atoms with Crippen molar-refractivity contribution in [1.82, 2.24) is 20.0 Å². The fourth-order valence-corrected chi connectivity index (χ4v) is 4.74. The van der Waals surface area contributed by atoms with E-state index in [1.165, 1.54) is 25.7 Å². The minimum Gasteiger partial charge on any atom is -0.383 e. The Labute approximate surface area is 180 Å². The van der Waals surface area contributed by atoms with Crippen molar-refractivity contribution in [2.75, 3.05) is 67.1 Å². The molecule has 2 aliphatic carbocycles. The number of fused-ring (bicyclic) bond motifs is 2. The summed E-state index contributed by atoms with van der Waals surface area (Å²) < 4.78 is 5.14. The second kappa shape index (κ2) is 10.8. The van der Waals surface area contributed by atoms with E-state index in [0.717, 1.165) is 50.0 Å². The van der Waals surface area contributed by atoms with Gasteiger partial charge in [-0.25, -0.2) is 4.99 Å². The van der Waals surface area contributed by atoms with Crippen LogP contribution >= 0.6 is 24.0 Å². The van der Waals surface area contributed by atoms with Gasteiger partial charge in [0.25, 0.3) is 0 Å². The molecule has 3 unspecified atom stereocenters. The molecule has 0 radical (unpaired) electrons. The Morgan fingerprint density at radius 2 is 1.93 bits per heavy atom. The maximum atomic E-state index is 11.9. The van der Waals surface area contributed by atoms with E-state index in [1.807, 2.05) is 0 Å². The van der Waals surface area contributed by atoms with Crippen molar-refractivity contribution < 1.29 is 9.53 Å². The first-order valence-corrected chi connectivity index (χ1v) is 10.0. The van der Waals surface area contributed by atoms with Crippen LogP contribution in [0.4, 0.5) is 0 Å². The molecule has 3 rings (SSSR count). The summed E-state index contributed by atoms with van der Waals surface area (Å²) in [5, 5.41) is 3.36. The highest BCUT2D eigenvalue weighted by atomic mass is 127. The third kappa shape index (κ3) is 5.93. The number of likely N-dealkylation sites (N-methyl/N-ethyl adjacent to an activating group) is 1. The number of guanidine groups is 1. The summed E-state index contributed by atoms with van der Waals surface area (Å²) in [6.45, 7) is 5.67. The molecule has 1 saturated heterocycles. The molecule has 1 aliphatic heterocycles. The number of nitrogens with zero attached hydrogens (tertiary/aromatic N) is 4. The molecule has 0 spiro atoms. The molecule has 7 nitrogen and oxygen atoms in total. The van der Waals surface area contributed by atoms with Crippen molar-refractivity contribution in [1.29, 1.82) is 0 Å². The number of amides is 1. The average Bonchev–Trinajstić information content (AvgIpc) is 3.28. The Hall–Kier alpha value is -0.610. The van der Waals surface area contributed by atoms with Crippen LogP contribution in [0.5, 0.6) is 0 Å². The van der Waals surface area contributed by atoms with Gasteiger partial charge in [0.1, 0.15) is 6.54 Å². The molecule has 3 aliphatic rings. The maximum absolute atomic E-state index is 11.9. The minimum absolute atomic E-state index is 0. The third-order valence-electron chi connectivity index (χ3n) is 6.24. The van der Waals surface area contributed by atoms with E-state index in [9.17, 15) is 4.79 Å². The fourth-order valence-electron chi connectivity index (χ4n) is 4.74. The van der Waals surface area contributed by atoms with Crippen LogP contribution in [-0.2, 0) is 9.53 Å². The molecule has 0 aromatic carbocycles. The number of carbonyl (C=O) groups excluding carboxylic acids is 1. The standard InChI is InChI=1S/C19H35N5O2.HI/c1-22(2)18(25)14-21-19(20-6-11-26-3)24-9-7-23(8-10-24)17-13-15-4-5-16(17)12-15;/h15-17H,4-14H2,1-3H3,(H,20,21);1H. The number of aliphatic imine (C=N–C) groups is 1.